The maximum absolute atomic E-state index is 12.3. The Balaban J connectivity index is 1.33. The molecule has 3 aromatic rings. The number of aromatic nitrogens is 2. The van der Waals surface area contributed by atoms with E-state index in [1.807, 2.05) is 43.5 Å². The average molecular weight is 363 g/mol. The Bertz CT molecular complexity index is 965. The van der Waals surface area contributed by atoms with Crippen LogP contribution in [0.15, 0.2) is 54.9 Å². The summed E-state index contributed by atoms with van der Waals surface area (Å²) in [5.41, 5.74) is 3.16. The molecule has 1 N–H and O–H groups in total. The van der Waals surface area contributed by atoms with Gasteiger partial charge in [-0.3, -0.25) is 4.79 Å². The second kappa shape index (κ2) is 7.53. The van der Waals surface area contributed by atoms with Crippen molar-refractivity contribution in [3.63, 3.8) is 0 Å². The van der Waals surface area contributed by atoms with Gasteiger partial charge in [0.2, 0.25) is 12.7 Å². The van der Waals surface area contributed by atoms with Gasteiger partial charge in [-0.15, -0.1) is 0 Å². The number of carbonyl (C=O) groups is 1. The summed E-state index contributed by atoms with van der Waals surface area (Å²) in [6.07, 6.45) is 4.08. The van der Waals surface area contributed by atoms with E-state index in [0.717, 1.165) is 29.2 Å². The van der Waals surface area contributed by atoms with Crippen LogP contribution in [0.1, 0.15) is 22.5 Å². The maximum Gasteiger partial charge on any atom is 0.231 e. The molecule has 4 rings (SSSR count). The standard InChI is InChI=1S/C21H21N3O3/c1-15-22-7-8-24(15)13-18-4-2-3-17(9-18)12-23-21(25)11-16-5-6-19-20(10-16)27-14-26-19/h2-10H,11-14H2,1H3,(H,23,25). The topological polar surface area (TPSA) is 65.4 Å². The molecule has 2 aromatic carbocycles. The molecule has 1 aliphatic heterocycles. The van der Waals surface area contributed by atoms with E-state index in [9.17, 15) is 4.79 Å². The molecule has 2 heterocycles. The van der Waals surface area contributed by atoms with Crippen molar-refractivity contribution in [2.75, 3.05) is 6.79 Å². The molecular weight excluding hydrogens is 342 g/mol. The van der Waals surface area contributed by atoms with Gasteiger partial charge in [0.1, 0.15) is 5.82 Å². The highest BCUT2D eigenvalue weighted by molar-refractivity contribution is 5.78. The van der Waals surface area contributed by atoms with Gasteiger partial charge in [0.25, 0.3) is 0 Å². The number of hydrogen-bond donors (Lipinski definition) is 1. The van der Waals surface area contributed by atoms with E-state index in [-0.39, 0.29) is 12.7 Å². The zero-order chi connectivity index (χ0) is 18.6. The smallest absolute Gasteiger partial charge is 0.231 e. The number of hydrogen-bond acceptors (Lipinski definition) is 4. The van der Waals surface area contributed by atoms with Crippen LogP contribution in [-0.4, -0.2) is 22.3 Å². The maximum atomic E-state index is 12.3. The number of benzene rings is 2. The quantitative estimate of drug-likeness (QED) is 0.731. The fourth-order valence-electron chi connectivity index (χ4n) is 3.10. The zero-order valence-electron chi connectivity index (χ0n) is 15.1. The van der Waals surface area contributed by atoms with Crippen LogP contribution >= 0.6 is 0 Å². The molecule has 0 unspecified atom stereocenters. The molecule has 6 nitrogen and oxygen atoms in total. The van der Waals surface area contributed by atoms with Crippen molar-refractivity contribution in [3.05, 3.63) is 77.4 Å². The van der Waals surface area contributed by atoms with Crippen LogP contribution < -0.4 is 14.8 Å². The number of nitrogens with one attached hydrogen (secondary N) is 1. The number of aryl methyl sites for hydroxylation is 1. The summed E-state index contributed by atoms with van der Waals surface area (Å²) in [6.45, 7) is 3.49. The van der Waals surface area contributed by atoms with Crippen molar-refractivity contribution < 1.29 is 14.3 Å². The van der Waals surface area contributed by atoms with Crippen molar-refractivity contribution in [2.45, 2.75) is 26.4 Å². The Hall–Kier alpha value is -3.28. The molecule has 0 bridgehead atoms. The second-order valence-electron chi connectivity index (χ2n) is 6.56. The third-order valence-electron chi connectivity index (χ3n) is 4.56. The summed E-state index contributed by atoms with van der Waals surface area (Å²) < 4.78 is 12.7. The van der Waals surface area contributed by atoms with Crippen molar-refractivity contribution in [1.82, 2.24) is 14.9 Å². The molecule has 0 saturated carbocycles. The van der Waals surface area contributed by atoms with Gasteiger partial charge < -0.3 is 19.4 Å². The van der Waals surface area contributed by atoms with E-state index >= 15 is 0 Å². The van der Waals surface area contributed by atoms with Crippen LogP contribution in [0.2, 0.25) is 0 Å². The van der Waals surface area contributed by atoms with Crippen LogP contribution in [-0.2, 0) is 24.3 Å². The largest absolute Gasteiger partial charge is 0.454 e. The minimum Gasteiger partial charge on any atom is -0.454 e. The summed E-state index contributed by atoms with van der Waals surface area (Å²) in [5.74, 6) is 2.38. The Morgan fingerprint density at radius 1 is 1.11 bits per heavy atom. The molecule has 27 heavy (non-hydrogen) atoms. The number of carbonyl (C=O) groups excluding carboxylic acids is 1. The molecule has 0 radical (unpaired) electrons. The Morgan fingerprint density at radius 3 is 2.81 bits per heavy atom. The van der Waals surface area contributed by atoms with Crippen LogP contribution in [0.5, 0.6) is 11.5 Å². The molecular formula is C21H21N3O3. The normalized spacial score (nSPS) is 12.2. The van der Waals surface area contributed by atoms with Gasteiger partial charge >= 0.3 is 0 Å². The first-order valence-electron chi connectivity index (χ1n) is 8.88. The highest BCUT2D eigenvalue weighted by atomic mass is 16.7. The Labute approximate surface area is 157 Å². The minimum atomic E-state index is -0.0234. The third-order valence-corrected chi connectivity index (χ3v) is 4.56. The molecule has 0 fully saturated rings. The SMILES string of the molecule is Cc1nccn1Cc1cccc(CNC(=O)Cc2ccc3c(c2)OCO3)c1. The van der Waals surface area contributed by atoms with Crippen molar-refractivity contribution in [3.8, 4) is 11.5 Å². The first-order chi connectivity index (χ1) is 13.2. The molecule has 138 valence electrons. The van der Waals surface area contributed by atoms with E-state index in [1.54, 1.807) is 6.20 Å². The zero-order valence-corrected chi connectivity index (χ0v) is 15.1. The number of nitrogens with zero attached hydrogens (tertiary/aromatic N) is 2. The fourth-order valence-corrected chi connectivity index (χ4v) is 3.10. The molecule has 0 spiro atoms. The van der Waals surface area contributed by atoms with E-state index in [2.05, 4.69) is 27.0 Å². The Morgan fingerprint density at radius 2 is 1.96 bits per heavy atom. The molecule has 0 saturated heterocycles. The van der Waals surface area contributed by atoms with Crippen LogP contribution in [0, 0.1) is 6.92 Å². The predicted octanol–water partition coefficient (Wildman–Crippen LogP) is 2.83. The third kappa shape index (κ3) is 4.11. The Kier molecular flexibility index (Phi) is 4.78. The molecule has 0 atom stereocenters. The first kappa shape index (κ1) is 17.1. The lowest BCUT2D eigenvalue weighted by molar-refractivity contribution is -0.120. The average Bonchev–Trinajstić information content (AvgIpc) is 3.29. The summed E-state index contributed by atoms with van der Waals surface area (Å²) in [6, 6.07) is 13.8. The van der Waals surface area contributed by atoms with E-state index < -0.39 is 0 Å². The highest BCUT2D eigenvalue weighted by Gasteiger charge is 2.14. The van der Waals surface area contributed by atoms with Crippen molar-refractivity contribution >= 4 is 5.91 Å². The molecule has 1 aromatic heterocycles. The second-order valence-corrected chi connectivity index (χ2v) is 6.56. The first-order valence-corrected chi connectivity index (χ1v) is 8.88. The lowest BCUT2D eigenvalue weighted by Gasteiger charge is -2.09. The number of rotatable bonds is 6. The van der Waals surface area contributed by atoms with Crippen LogP contribution in [0.3, 0.4) is 0 Å². The molecule has 6 heteroatoms. The van der Waals surface area contributed by atoms with Crippen molar-refractivity contribution in [2.24, 2.45) is 0 Å². The van der Waals surface area contributed by atoms with Gasteiger partial charge in [0, 0.05) is 25.5 Å². The van der Waals surface area contributed by atoms with E-state index in [4.69, 9.17) is 9.47 Å². The lowest BCUT2D eigenvalue weighted by atomic mass is 10.1. The number of ether oxygens (including phenoxy) is 2. The van der Waals surface area contributed by atoms with Gasteiger partial charge in [-0.25, -0.2) is 4.98 Å². The minimum absolute atomic E-state index is 0.0234. The molecule has 1 aliphatic rings. The summed E-state index contributed by atoms with van der Waals surface area (Å²) in [5, 5.41) is 2.98. The number of imidazole rings is 1. The van der Waals surface area contributed by atoms with Crippen molar-refractivity contribution in [1.29, 1.82) is 0 Å². The number of amides is 1. The van der Waals surface area contributed by atoms with Gasteiger partial charge in [0.05, 0.1) is 6.42 Å². The van der Waals surface area contributed by atoms with Gasteiger partial charge in [0.15, 0.2) is 11.5 Å². The summed E-state index contributed by atoms with van der Waals surface area (Å²) in [4.78, 5) is 16.5. The van der Waals surface area contributed by atoms with Gasteiger partial charge in [-0.2, -0.15) is 0 Å². The monoisotopic (exact) mass is 363 g/mol. The number of fused-ring (bicyclic) bond motifs is 1. The van der Waals surface area contributed by atoms with Gasteiger partial charge in [-0.1, -0.05) is 30.3 Å². The molecule has 1 amide bonds. The molecule has 0 aliphatic carbocycles. The summed E-state index contributed by atoms with van der Waals surface area (Å²) >= 11 is 0. The fraction of sp³-hybridized carbons (Fsp3) is 0.238. The summed E-state index contributed by atoms with van der Waals surface area (Å²) in [7, 11) is 0. The van der Waals surface area contributed by atoms with E-state index in [1.165, 1.54) is 5.56 Å². The predicted molar refractivity (Wildman–Crippen MR) is 101 cm³/mol. The highest BCUT2D eigenvalue weighted by Crippen LogP contribution is 2.32. The van der Waals surface area contributed by atoms with E-state index in [0.29, 0.717) is 18.7 Å². The lowest BCUT2D eigenvalue weighted by Crippen LogP contribution is -2.24. The van der Waals surface area contributed by atoms with Gasteiger partial charge in [-0.05, 0) is 35.7 Å². The van der Waals surface area contributed by atoms with Crippen LogP contribution in [0.4, 0.5) is 0 Å². The van der Waals surface area contributed by atoms with Crippen LogP contribution in [0.25, 0.3) is 0 Å².